The Bertz CT molecular complexity index is 746. The van der Waals surface area contributed by atoms with Gasteiger partial charge in [-0.2, -0.15) is 13.2 Å². The molecule has 0 spiro atoms. The van der Waals surface area contributed by atoms with Gasteiger partial charge in [0.25, 0.3) is 0 Å². The molecule has 0 saturated carbocycles. The summed E-state index contributed by atoms with van der Waals surface area (Å²) in [4.78, 5) is 47.5. The van der Waals surface area contributed by atoms with Crippen molar-refractivity contribution < 1.29 is 46.9 Å². The van der Waals surface area contributed by atoms with Gasteiger partial charge in [0, 0.05) is 5.92 Å². The van der Waals surface area contributed by atoms with Crippen LogP contribution in [-0.4, -0.2) is 49.2 Å². The molecule has 0 bridgehead atoms. The summed E-state index contributed by atoms with van der Waals surface area (Å²) in [6.07, 6.45) is -4.93. The number of amides is 1. The summed E-state index contributed by atoms with van der Waals surface area (Å²) in [5, 5.41) is 11.6. The Hall–Kier alpha value is -3.11. The van der Waals surface area contributed by atoms with Crippen molar-refractivity contribution >= 4 is 23.8 Å². The maximum absolute atomic E-state index is 12.6. The first-order chi connectivity index (χ1) is 13.4. The Labute approximate surface area is 164 Å². The highest BCUT2D eigenvalue weighted by molar-refractivity contribution is 5.96. The zero-order chi connectivity index (χ0) is 22.4. The fourth-order valence-electron chi connectivity index (χ4n) is 2.61. The molecule has 0 aliphatic carbocycles. The SMILES string of the molecule is COC(=O)C(C(=O)OC)[C@@H](C)[C@@H](NC(=O)Cc1ccc(C(F)(F)F)cc1)C(=O)O. The van der Waals surface area contributed by atoms with Crippen molar-refractivity contribution in [2.45, 2.75) is 25.6 Å². The molecular weight excluding hydrogens is 399 g/mol. The van der Waals surface area contributed by atoms with E-state index in [1.165, 1.54) is 6.92 Å². The van der Waals surface area contributed by atoms with Gasteiger partial charge >= 0.3 is 24.1 Å². The first-order valence-corrected chi connectivity index (χ1v) is 8.26. The van der Waals surface area contributed by atoms with Crippen LogP contribution in [0.2, 0.25) is 0 Å². The lowest BCUT2D eigenvalue weighted by molar-refractivity contribution is -0.163. The molecule has 11 heteroatoms. The van der Waals surface area contributed by atoms with Gasteiger partial charge in [0.15, 0.2) is 5.92 Å². The fourth-order valence-corrected chi connectivity index (χ4v) is 2.61. The summed E-state index contributed by atoms with van der Waals surface area (Å²) in [5.74, 6) is -7.24. The van der Waals surface area contributed by atoms with Crippen molar-refractivity contribution in [3.63, 3.8) is 0 Å². The van der Waals surface area contributed by atoms with E-state index in [1.807, 2.05) is 0 Å². The number of carbonyl (C=O) groups excluding carboxylic acids is 3. The van der Waals surface area contributed by atoms with Gasteiger partial charge in [-0.25, -0.2) is 4.79 Å². The summed E-state index contributed by atoms with van der Waals surface area (Å²) < 4.78 is 46.7. The van der Waals surface area contributed by atoms with E-state index in [9.17, 15) is 37.5 Å². The van der Waals surface area contributed by atoms with Crippen LogP contribution >= 0.6 is 0 Å². The standard InChI is InChI=1S/C18H20F3NO7/c1-9(13(16(26)28-2)17(27)29-3)14(15(24)25)22-12(23)8-10-4-6-11(7-5-10)18(19,20)21/h4-7,9,13-14H,8H2,1-3H3,(H,22,23)(H,24,25)/t9-,14-/m1/s1. The van der Waals surface area contributed by atoms with Crippen LogP contribution < -0.4 is 5.32 Å². The third-order valence-corrected chi connectivity index (χ3v) is 4.19. The third-order valence-electron chi connectivity index (χ3n) is 4.19. The Morgan fingerprint density at radius 1 is 1.03 bits per heavy atom. The number of carboxylic acids is 1. The molecule has 2 atom stereocenters. The number of methoxy groups -OCH3 is 2. The Balaban J connectivity index is 2.94. The maximum atomic E-state index is 12.6. The van der Waals surface area contributed by atoms with Gasteiger partial charge in [-0.05, 0) is 17.7 Å². The smallest absolute Gasteiger partial charge is 0.416 e. The zero-order valence-electron chi connectivity index (χ0n) is 15.8. The minimum atomic E-state index is -4.53. The first-order valence-electron chi connectivity index (χ1n) is 8.26. The Kier molecular flexibility index (Phi) is 8.16. The van der Waals surface area contributed by atoms with Crippen LogP contribution in [0, 0.1) is 11.8 Å². The lowest BCUT2D eigenvalue weighted by Crippen LogP contribution is -2.50. The van der Waals surface area contributed by atoms with Crippen molar-refractivity contribution in [1.82, 2.24) is 5.32 Å². The minimum Gasteiger partial charge on any atom is -0.480 e. The molecule has 0 aliphatic rings. The number of carbonyl (C=O) groups is 4. The number of ether oxygens (including phenoxy) is 2. The summed E-state index contributed by atoms with van der Waals surface area (Å²) >= 11 is 0. The van der Waals surface area contributed by atoms with Crippen LogP contribution in [0.4, 0.5) is 13.2 Å². The molecular formula is C18H20F3NO7. The van der Waals surface area contributed by atoms with Gasteiger partial charge in [0.05, 0.1) is 26.2 Å². The number of esters is 2. The number of halogens is 3. The number of hydrogen-bond donors (Lipinski definition) is 2. The fraction of sp³-hybridized carbons (Fsp3) is 0.444. The van der Waals surface area contributed by atoms with E-state index in [-0.39, 0.29) is 5.56 Å². The number of alkyl halides is 3. The number of rotatable bonds is 8. The normalized spacial score (nSPS) is 13.3. The largest absolute Gasteiger partial charge is 0.480 e. The lowest BCUT2D eigenvalue weighted by Gasteiger charge is -2.26. The number of carboxylic acid groups (broad SMARTS) is 1. The highest BCUT2D eigenvalue weighted by Gasteiger charge is 2.42. The molecule has 0 aromatic heterocycles. The molecule has 29 heavy (non-hydrogen) atoms. The second-order valence-electron chi connectivity index (χ2n) is 6.14. The molecule has 0 radical (unpaired) electrons. The van der Waals surface area contributed by atoms with Crippen molar-refractivity contribution in [3.05, 3.63) is 35.4 Å². The topological polar surface area (TPSA) is 119 Å². The van der Waals surface area contributed by atoms with E-state index in [0.717, 1.165) is 38.5 Å². The predicted molar refractivity (Wildman–Crippen MR) is 91.4 cm³/mol. The second kappa shape index (κ2) is 9.89. The quantitative estimate of drug-likeness (QED) is 0.483. The lowest BCUT2D eigenvalue weighted by atomic mass is 9.87. The van der Waals surface area contributed by atoms with E-state index < -0.39 is 59.9 Å². The van der Waals surface area contributed by atoms with E-state index in [1.54, 1.807) is 0 Å². The molecule has 1 aromatic carbocycles. The zero-order valence-corrected chi connectivity index (χ0v) is 15.8. The molecule has 1 amide bonds. The first kappa shape index (κ1) is 23.9. The van der Waals surface area contributed by atoms with Crippen molar-refractivity contribution in [1.29, 1.82) is 0 Å². The molecule has 0 aliphatic heterocycles. The number of nitrogens with one attached hydrogen (secondary N) is 1. The van der Waals surface area contributed by atoms with Crippen LogP contribution in [0.3, 0.4) is 0 Å². The summed E-state index contributed by atoms with van der Waals surface area (Å²) in [6.45, 7) is 1.25. The van der Waals surface area contributed by atoms with E-state index >= 15 is 0 Å². The van der Waals surface area contributed by atoms with Gasteiger partial charge in [-0.3, -0.25) is 14.4 Å². The van der Waals surface area contributed by atoms with Gasteiger partial charge in [-0.15, -0.1) is 0 Å². The molecule has 1 rings (SSSR count). The van der Waals surface area contributed by atoms with E-state index in [4.69, 9.17) is 0 Å². The maximum Gasteiger partial charge on any atom is 0.416 e. The van der Waals surface area contributed by atoms with Gasteiger partial charge in [0.2, 0.25) is 5.91 Å². The summed E-state index contributed by atoms with van der Waals surface area (Å²) in [6, 6.07) is 2.12. The van der Waals surface area contributed by atoms with Gasteiger partial charge in [-0.1, -0.05) is 19.1 Å². The van der Waals surface area contributed by atoms with Crippen LogP contribution in [-0.2, 0) is 41.2 Å². The van der Waals surface area contributed by atoms with Crippen molar-refractivity contribution in [3.8, 4) is 0 Å². The molecule has 1 aromatic rings. The second-order valence-corrected chi connectivity index (χ2v) is 6.14. The Morgan fingerprint density at radius 2 is 1.52 bits per heavy atom. The minimum absolute atomic E-state index is 0.213. The van der Waals surface area contributed by atoms with Gasteiger partial charge in [0.1, 0.15) is 6.04 Å². The third kappa shape index (κ3) is 6.47. The monoisotopic (exact) mass is 419 g/mol. The highest BCUT2D eigenvalue weighted by Crippen LogP contribution is 2.29. The summed E-state index contributed by atoms with van der Waals surface area (Å²) in [7, 11) is 2.01. The number of hydrogen-bond acceptors (Lipinski definition) is 6. The average molecular weight is 419 g/mol. The average Bonchev–Trinajstić information content (AvgIpc) is 2.65. The molecule has 8 nitrogen and oxygen atoms in total. The van der Waals surface area contributed by atoms with Crippen LogP contribution in [0.25, 0.3) is 0 Å². The molecule has 0 heterocycles. The Morgan fingerprint density at radius 3 is 1.90 bits per heavy atom. The number of aliphatic carboxylic acids is 1. The molecule has 0 fully saturated rings. The highest BCUT2D eigenvalue weighted by atomic mass is 19.4. The predicted octanol–water partition coefficient (Wildman–Crippen LogP) is 1.42. The molecule has 0 saturated heterocycles. The molecule has 160 valence electrons. The molecule has 0 unspecified atom stereocenters. The molecule has 2 N–H and O–H groups in total. The van der Waals surface area contributed by atoms with Gasteiger partial charge < -0.3 is 19.9 Å². The summed E-state index contributed by atoms with van der Waals surface area (Å²) in [5.41, 5.74) is -0.678. The van der Waals surface area contributed by atoms with Crippen LogP contribution in [0.1, 0.15) is 18.1 Å². The van der Waals surface area contributed by atoms with E-state index in [0.29, 0.717) is 0 Å². The van der Waals surface area contributed by atoms with Crippen molar-refractivity contribution in [2.75, 3.05) is 14.2 Å². The van der Waals surface area contributed by atoms with E-state index in [2.05, 4.69) is 14.8 Å². The van der Waals surface area contributed by atoms with Crippen LogP contribution in [0.5, 0.6) is 0 Å². The van der Waals surface area contributed by atoms with Crippen molar-refractivity contribution in [2.24, 2.45) is 11.8 Å². The van der Waals surface area contributed by atoms with Crippen LogP contribution in [0.15, 0.2) is 24.3 Å². The number of benzene rings is 1.